The maximum Gasteiger partial charge on any atom is 0.330 e. The van der Waals surface area contributed by atoms with Crippen LogP contribution in [0.4, 0.5) is 8.78 Å². The molecule has 2 amide bonds. The molecule has 0 radical (unpaired) electrons. The fraction of sp³-hybridized carbons (Fsp3) is 0.529. The standard InChI is InChI=1S/C34H47F2N5O6S/c1-4-8-27(9-5-2)48(45,46)21-30(39-33(43)29-12-13-32(42)41-40-29)34(44)47-31(20-38-19-23-11-7-10-22(6-3)14-23)28(37)17-24-15-25(35)18-26(36)16-24/h7,10-11,14-16,18,27-28,30-31,38H,4-6,8-9,12-13,17,19-21,37H2,1-3H3,(H,39,43)(H,41,42)/t28-,30?,31+/m0/s1. The second-order valence-electron chi connectivity index (χ2n) is 12.1. The van der Waals surface area contributed by atoms with Gasteiger partial charge in [0, 0.05) is 38.0 Å². The van der Waals surface area contributed by atoms with E-state index in [0.29, 0.717) is 32.2 Å². The van der Waals surface area contributed by atoms with Crippen LogP contribution in [0.15, 0.2) is 47.6 Å². The summed E-state index contributed by atoms with van der Waals surface area (Å²) in [6.45, 7) is 6.17. The molecule has 0 saturated heterocycles. The van der Waals surface area contributed by atoms with Crippen molar-refractivity contribution in [3.8, 4) is 0 Å². The lowest BCUT2D eigenvalue weighted by Gasteiger charge is -2.28. The summed E-state index contributed by atoms with van der Waals surface area (Å²) < 4.78 is 60.9. The van der Waals surface area contributed by atoms with E-state index in [1.165, 1.54) is 0 Å². The number of aryl methyl sites for hydroxylation is 1. The van der Waals surface area contributed by atoms with Crippen LogP contribution < -0.4 is 21.8 Å². The van der Waals surface area contributed by atoms with Crippen molar-refractivity contribution < 1.29 is 36.3 Å². The Hall–Kier alpha value is -3.75. The van der Waals surface area contributed by atoms with Gasteiger partial charge in [-0.05, 0) is 54.5 Å². The van der Waals surface area contributed by atoms with Gasteiger partial charge in [-0.2, -0.15) is 5.10 Å². The lowest BCUT2D eigenvalue weighted by Crippen LogP contribution is -2.53. The maximum absolute atomic E-state index is 14.0. The van der Waals surface area contributed by atoms with Crippen molar-refractivity contribution in [2.24, 2.45) is 10.8 Å². The molecule has 1 aliphatic rings. The number of amides is 2. The average Bonchev–Trinajstić information content (AvgIpc) is 3.03. The predicted octanol–water partition coefficient (Wildman–Crippen LogP) is 3.23. The molecule has 0 spiro atoms. The fourth-order valence-corrected chi connectivity index (χ4v) is 7.67. The summed E-state index contributed by atoms with van der Waals surface area (Å²) in [4.78, 5) is 38.5. The van der Waals surface area contributed by atoms with Crippen LogP contribution in [-0.4, -0.2) is 67.6 Å². The van der Waals surface area contributed by atoms with Crippen LogP contribution in [0.1, 0.15) is 76.0 Å². The third-order valence-electron chi connectivity index (χ3n) is 8.10. The highest BCUT2D eigenvalue weighted by atomic mass is 32.2. The largest absolute Gasteiger partial charge is 0.458 e. The molecule has 0 fully saturated rings. The van der Waals surface area contributed by atoms with E-state index in [-0.39, 0.29) is 43.0 Å². The zero-order valence-electron chi connectivity index (χ0n) is 27.8. The fourth-order valence-electron chi connectivity index (χ4n) is 5.53. The average molecular weight is 692 g/mol. The second kappa shape index (κ2) is 18.7. The van der Waals surface area contributed by atoms with Crippen LogP contribution in [0.25, 0.3) is 0 Å². The number of sulfone groups is 1. The number of hydrogen-bond acceptors (Lipinski definition) is 9. The van der Waals surface area contributed by atoms with Gasteiger partial charge in [0.1, 0.15) is 29.5 Å². The van der Waals surface area contributed by atoms with Crippen molar-refractivity contribution in [3.63, 3.8) is 0 Å². The van der Waals surface area contributed by atoms with Crippen molar-refractivity contribution in [1.82, 2.24) is 16.1 Å². The number of esters is 1. The number of nitrogens with two attached hydrogens (primary N) is 1. The molecule has 0 aliphatic carbocycles. The van der Waals surface area contributed by atoms with Gasteiger partial charge in [0.15, 0.2) is 9.84 Å². The number of hydrogen-bond donors (Lipinski definition) is 4. The Labute approximate surface area is 281 Å². The Kier molecular flexibility index (Phi) is 15.1. The number of carbonyl (C=O) groups is 3. The van der Waals surface area contributed by atoms with E-state index in [2.05, 4.69) is 21.2 Å². The monoisotopic (exact) mass is 691 g/mol. The Balaban J connectivity index is 1.88. The van der Waals surface area contributed by atoms with E-state index in [1.54, 1.807) is 0 Å². The van der Waals surface area contributed by atoms with Gasteiger partial charge in [-0.1, -0.05) is 57.9 Å². The molecule has 3 atom stereocenters. The number of nitrogens with zero attached hydrogens (tertiary/aromatic N) is 1. The smallest absolute Gasteiger partial charge is 0.330 e. The van der Waals surface area contributed by atoms with Gasteiger partial charge in [-0.3, -0.25) is 9.59 Å². The van der Waals surface area contributed by atoms with E-state index in [1.807, 2.05) is 45.0 Å². The van der Waals surface area contributed by atoms with Gasteiger partial charge in [0.05, 0.1) is 11.0 Å². The minimum absolute atomic E-state index is 0.000819. The van der Waals surface area contributed by atoms with Crippen LogP contribution in [0.3, 0.4) is 0 Å². The third-order valence-corrected chi connectivity index (χ3v) is 10.4. The zero-order valence-corrected chi connectivity index (χ0v) is 28.6. The Morgan fingerprint density at radius 2 is 1.67 bits per heavy atom. The molecule has 0 saturated carbocycles. The summed E-state index contributed by atoms with van der Waals surface area (Å²) in [6, 6.07) is 8.29. The third kappa shape index (κ3) is 12.0. The molecule has 11 nitrogen and oxygen atoms in total. The molecular weight excluding hydrogens is 644 g/mol. The van der Waals surface area contributed by atoms with Crippen molar-refractivity contribution in [3.05, 3.63) is 70.8 Å². The Bertz CT molecular complexity index is 1530. The first-order valence-corrected chi connectivity index (χ1v) is 18.1. The molecule has 2 aromatic carbocycles. The van der Waals surface area contributed by atoms with Gasteiger partial charge in [-0.15, -0.1) is 0 Å². The minimum atomic E-state index is -3.91. The Morgan fingerprint density at radius 3 is 2.27 bits per heavy atom. The van der Waals surface area contributed by atoms with Gasteiger partial charge in [0.25, 0.3) is 5.91 Å². The highest BCUT2D eigenvalue weighted by molar-refractivity contribution is 7.92. The molecule has 5 N–H and O–H groups in total. The topological polar surface area (TPSA) is 169 Å². The lowest BCUT2D eigenvalue weighted by molar-refractivity contribution is -0.152. The predicted molar refractivity (Wildman–Crippen MR) is 180 cm³/mol. The second-order valence-corrected chi connectivity index (χ2v) is 14.4. The molecule has 1 unspecified atom stereocenters. The first kappa shape index (κ1) is 38.7. The zero-order chi connectivity index (χ0) is 35.3. The highest BCUT2D eigenvalue weighted by Gasteiger charge is 2.36. The Morgan fingerprint density at radius 1 is 1.00 bits per heavy atom. The summed E-state index contributed by atoms with van der Waals surface area (Å²) in [6.07, 6.45) is 1.65. The normalized spacial score (nSPS) is 15.3. The molecule has 0 bridgehead atoms. The number of benzene rings is 2. The van der Waals surface area contributed by atoms with Gasteiger partial charge in [-0.25, -0.2) is 27.4 Å². The van der Waals surface area contributed by atoms with Gasteiger partial charge in [0.2, 0.25) is 5.91 Å². The quantitative estimate of drug-likeness (QED) is 0.163. The lowest BCUT2D eigenvalue weighted by atomic mass is 10.0. The minimum Gasteiger partial charge on any atom is -0.458 e. The molecule has 264 valence electrons. The number of rotatable bonds is 19. The number of halogens is 2. The summed E-state index contributed by atoms with van der Waals surface area (Å²) in [5.41, 5.74) is 11.0. The molecule has 1 aliphatic heterocycles. The van der Waals surface area contributed by atoms with Crippen LogP contribution in [0, 0.1) is 11.6 Å². The molecule has 14 heteroatoms. The van der Waals surface area contributed by atoms with E-state index < -0.39 is 62.5 Å². The van der Waals surface area contributed by atoms with Gasteiger partial charge < -0.3 is 21.1 Å². The van der Waals surface area contributed by atoms with E-state index in [0.717, 1.165) is 35.7 Å². The van der Waals surface area contributed by atoms with E-state index >= 15 is 0 Å². The van der Waals surface area contributed by atoms with Gasteiger partial charge >= 0.3 is 5.97 Å². The summed E-state index contributed by atoms with van der Waals surface area (Å²) in [7, 11) is -3.91. The summed E-state index contributed by atoms with van der Waals surface area (Å²) in [5.74, 6) is -4.54. The van der Waals surface area contributed by atoms with Crippen LogP contribution in [0.5, 0.6) is 0 Å². The van der Waals surface area contributed by atoms with Crippen molar-refractivity contribution in [2.75, 3.05) is 12.3 Å². The van der Waals surface area contributed by atoms with Crippen LogP contribution in [0.2, 0.25) is 0 Å². The molecule has 1 heterocycles. The first-order chi connectivity index (χ1) is 22.8. The maximum atomic E-state index is 14.0. The van der Waals surface area contributed by atoms with Crippen LogP contribution in [-0.2, 0) is 48.3 Å². The van der Waals surface area contributed by atoms with Crippen molar-refractivity contribution >= 4 is 33.3 Å². The van der Waals surface area contributed by atoms with Crippen molar-refractivity contribution in [2.45, 2.75) is 102 Å². The molecular formula is C34H47F2N5O6S. The van der Waals surface area contributed by atoms with Crippen molar-refractivity contribution in [1.29, 1.82) is 0 Å². The number of nitrogens with one attached hydrogen (secondary N) is 3. The molecule has 0 aromatic heterocycles. The molecule has 3 rings (SSSR count). The highest BCUT2D eigenvalue weighted by Crippen LogP contribution is 2.19. The van der Waals surface area contributed by atoms with E-state index in [9.17, 15) is 31.6 Å². The molecule has 2 aromatic rings. The van der Waals surface area contributed by atoms with Crippen LogP contribution >= 0.6 is 0 Å². The number of hydrazone groups is 1. The summed E-state index contributed by atoms with van der Waals surface area (Å²) in [5, 5.41) is 8.71. The number of ether oxygens (including phenoxy) is 1. The van der Waals surface area contributed by atoms with E-state index in [4.69, 9.17) is 10.5 Å². The first-order valence-electron chi connectivity index (χ1n) is 16.4. The summed E-state index contributed by atoms with van der Waals surface area (Å²) >= 11 is 0. The SMILES string of the molecule is CCCC(CCC)S(=O)(=O)CC(NC(=O)C1=NNC(=O)CC1)C(=O)O[C@H](CNCc1cccc(CC)c1)[C@@H](N)Cc1cc(F)cc(F)c1. The number of carbonyl (C=O) groups excluding carboxylic acids is 3. The molecule has 48 heavy (non-hydrogen) atoms.